The Kier molecular flexibility index (Phi) is 4.96. The molecule has 0 saturated heterocycles. The maximum atomic E-state index is 12.3. The van der Waals surface area contributed by atoms with E-state index in [1.54, 1.807) is 0 Å². The first kappa shape index (κ1) is 17.3. The van der Waals surface area contributed by atoms with Gasteiger partial charge in [0.2, 0.25) is 5.82 Å². The van der Waals surface area contributed by atoms with Gasteiger partial charge in [-0.3, -0.25) is 0 Å². The number of alkyl halides is 3. The number of benzene rings is 1. The third-order valence-corrected chi connectivity index (χ3v) is 3.27. The van der Waals surface area contributed by atoms with Crippen molar-refractivity contribution in [2.24, 2.45) is 0 Å². The zero-order chi connectivity index (χ0) is 17.2. The molecule has 23 heavy (non-hydrogen) atoms. The van der Waals surface area contributed by atoms with E-state index >= 15 is 0 Å². The molecule has 0 unspecified atom stereocenters. The van der Waals surface area contributed by atoms with Crippen molar-refractivity contribution in [2.75, 3.05) is 6.61 Å². The summed E-state index contributed by atoms with van der Waals surface area (Å²) in [5.74, 6) is -2.36. The number of nitrogens with zero attached hydrogens (tertiary/aromatic N) is 2. The molecule has 1 N–H and O–H groups in total. The van der Waals surface area contributed by atoms with Crippen LogP contribution >= 0.6 is 23.2 Å². The maximum Gasteiger partial charge on any atom is 0.422 e. The van der Waals surface area contributed by atoms with Crippen molar-refractivity contribution in [1.82, 2.24) is 9.97 Å². The monoisotopic (exact) mass is 366 g/mol. The largest absolute Gasteiger partial charge is 0.480 e. The van der Waals surface area contributed by atoms with Gasteiger partial charge in [-0.05, 0) is 12.1 Å². The Labute approximate surface area is 137 Å². The predicted octanol–water partition coefficient (Wildman–Crippen LogP) is 4.09. The average molecular weight is 367 g/mol. The zero-order valence-corrected chi connectivity index (χ0v) is 12.6. The van der Waals surface area contributed by atoms with E-state index in [1.165, 1.54) is 18.2 Å². The molecule has 0 atom stereocenters. The van der Waals surface area contributed by atoms with Crippen molar-refractivity contribution in [2.45, 2.75) is 6.18 Å². The van der Waals surface area contributed by atoms with Gasteiger partial charge in [0, 0.05) is 5.56 Å². The van der Waals surface area contributed by atoms with Crippen LogP contribution < -0.4 is 4.74 Å². The molecule has 0 bridgehead atoms. The first-order valence-corrected chi connectivity index (χ1v) is 6.68. The molecule has 0 spiro atoms. The highest BCUT2D eigenvalue weighted by Crippen LogP contribution is 2.33. The van der Waals surface area contributed by atoms with Crippen LogP contribution in [0.1, 0.15) is 10.6 Å². The highest BCUT2D eigenvalue weighted by molar-refractivity contribution is 6.42. The van der Waals surface area contributed by atoms with E-state index in [9.17, 15) is 18.0 Å². The Morgan fingerprint density at radius 2 is 1.96 bits per heavy atom. The lowest BCUT2D eigenvalue weighted by Gasteiger charge is -2.13. The molecule has 0 aliphatic rings. The minimum Gasteiger partial charge on any atom is -0.480 e. The van der Waals surface area contributed by atoms with Gasteiger partial charge in [0.05, 0.1) is 16.2 Å². The number of carboxylic acids is 1. The fraction of sp³-hybridized carbons (Fsp3) is 0.154. The van der Waals surface area contributed by atoms with Gasteiger partial charge < -0.3 is 9.84 Å². The summed E-state index contributed by atoms with van der Waals surface area (Å²) in [6, 6.07) is 4.15. The number of hydrogen-bond donors (Lipinski definition) is 1. The van der Waals surface area contributed by atoms with E-state index in [2.05, 4.69) is 14.7 Å². The van der Waals surface area contributed by atoms with Crippen LogP contribution in [0.4, 0.5) is 13.2 Å². The molecule has 0 aliphatic carbocycles. The fourth-order valence-electron chi connectivity index (χ4n) is 1.59. The Bertz CT molecular complexity index is 754. The molecule has 2 rings (SSSR count). The second-order valence-electron chi connectivity index (χ2n) is 4.24. The molecular formula is C13H7Cl2F3N2O3. The molecule has 2 aromatic rings. The molecular weight excluding hydrogens is 360 g/mol. The lowest BCUT2D eigenvalue weighted by atomic mass is 10.1. The molecule has 1 aromatic carbocycles. The van der Waals surface area contributed by atoms with Crippen LogP contribution in [-0.2, 0) is 0 Å². The van der Waals surface area contributed by atoms with Crippen molar-refractivity contribution in [1.29, 1.82) is 0 Å². The van der Waals surface area contributed by atoms with Gasteiger partial charge >= 0.3 is 12.1 Å². The molecule has 5 nitrogen and oxygen atoms in total. The van der Waals surface area contributed by atoms with E-state index < -0.39 is 24.6 Å². The SMILES string of the molecule is O=C(O)c1ncc(OCC(F)(F)F)c(-c2ccc(Cl)c(Cl)c2)n1. The standard InChI is InChI=1S/C13H7Cl2F3N2O3/c14-7-2-1-6(3-8(7)15)10-9(23-5-13(16,17)18)4-19-11(20-10)12(21)22/h1-4H,5H2,(H,21,22). The summed E-state index contributed by atoms with van der Waals surface area (Å²) in [6.45, 7) is -1.57. The van der Waals surface area contributed by atoms with Crippen LogP contribution in [0.15, 0.2) is 24.4 Å². The fourth-order valence-corrected chi connectivity index (χ4v) is 1.89. The Balaban J connectivity index is 2.49. The Hall–Kier alpha value is -2.06. The lowest BCUT2D eigenvalue weighted by molar-refractivity contribution is -0.153. The van der Waals surface area contributed by atoms with Gasteiger partial charge in [-0.25, -0.2) is 14.8 Å². The number of aromatic nitrogens is 2. The molecule has 0 fully saturated rings. The summed E-state index contributed by atoms with van der Waals surface area (Å²) in [5.41, 5.74) is 0.0988. The molecule has 10 heteroatoms. The smallest absolute Gasteiger partial charge is 0.422 e. The number of rotatable bonds is 4. The summed E-state index contributed by atoms with van der Waals surface area (Å²) >= 11 is 11.6. The number of hydrogen-bond acceptors (Lipinski definition) is 4. The van der Waals surface area contributed by atoms with Gasteiger partial charge in [-0.2, -0.15) is 13.2 Å². The van der Waals surface area contributed by atoms with E-state index in [0.717, 1.165) is 6.20 Å². The van der Waals surface area contributed by atoms with Crippen molar-refractivity contribution in [3.05, 3.63) is 40.3 Å². The second-order valence-corrected chi connectivity index (χ2v) is 5.06. The van der Waals surface area contributed by atoms with Gasteiger partial charge in [0.25, 0.3) is 0 Å². The minimum atomic E-state index is -4.57. The Morgan fingerprint density at radius 3 is 2.52 bits per heavy atom. The van der Waals surface area contributed by atoms with E-state index in [0.29, 0.717) is 0 Å². The number of carboxylic acid groups (broad SMARTS) is 1. The summed E-state index contributed by atoms with van der Waals surface area (Å²) in [4.78, 5) is 18.1. The third-order valence-electron chi connectivity index (χ3n) is 2.53. The van der Waals surface area contributed by atoms with Crippen molar-refractivity contribution >= 4 is 29.2 Å². The first-order valence-electron chi connectivity index (χ1n) is 5.92. The number of carbonyl (C=O) groups is 1. The molecule has 0 radical (unpaired) electrons. The molecule has 0 amide bonds. The summed E-state index contributed by atoms with van der Waals surface area (Å²) in [7, 11) is 0. The van der Waals surface area contributed by atoms with Gasteiger partial charge in [0.1, 0.15) is 5.69 Å². The Morgan fingerprint density at radius 1 is 1.26 bits per heavy atom. The normalized spacial score (nSPS) is 11.3. The molecule has 0 aliphatic heterocycles. The van der Waals surface area contributed by atoms with Gasteiger partial charge in [-0.1, -0.05) is 29.3 Å². The van der Waals surface area contributed by atoms with E-state index in [1.807, 2.05) is 0 Å². The molecule has 122 valence electrons. The number of ether oxygens (including phenoxy) is 1. The second kappa shape index (κ2) is 6.59. The summed E-state index contributed by atoms with van der Waals surface area (Å²) in [5, 5.41) is 9.26. The van der Waals surface area contributed by atoms with Crippen molar-refractivity contribution < 1.29 is 27.8 Å². The van der Waals surface area contributed by atoms with Crippen LogP contribution in [0.25, 0.3) is 11.3 Å². The van der Waals surface area contributed by atoms with E-state index in [-0.39, 0.29) is 27.1 Å². The van der Waals surface area contributed by atoms with E-state index in [4.69, 9.17) is 28.3 Å². The number of halogens is 5. The van der Waals surface area contributed by atoms with Crippen molar-refractivity contribution in [3.63, 3.8) is 0 Å². The summed E-state index contributed by atoms with van der Waals surface area (Å²) < 4.78 is 41.5. The van der Waals surface area contributed by atoms with Gasteiger partial charge in [0.15, 0.2) is 12.4 Å². The quantitative estimate of drug-likeness (QED) is 0.881. The maximum absolute atomic E-state index is 12.3. The van der Waals surface area contributed by atoms with Crippen LogP contribution in [0, 0.1) is 0 Å². The van der Waals surface area contributed by atoms with Crippen LogP contribution in [-0.4, -0.2) is 33.8 Å². The molecule has 1 aromatic heterocycles. The van der Waals surface area contributed by atoms with Crippen LogP contribution in [0.3, 0.4) is 0 Å². The zero-order valence-electron chi connectivity index (χ0n) is 11.1. The predicted molar refractivity (Wildman–Crippen MR) is 76.0 cm³/mol. The highest BCUT2D eigenvalue weighted by Gasteiger charge is 2.29. The third kappa shape index (κ3) is 4.46. The number of aromatic carboxylic acids is 1. The van der Waals surface area contributed by atoms with Crippen LogP contribution in [0.2, 0.25) is 10.0 Å². The summed E-state index contributed by atoms with van der Waals surface area (Å²) in [6.07, 6.45) is -3.71. The highest BCUT2D eigenvalue weighted by atomic mass is 35.5. The van der Waals surface area contributed by atoms with Gasteiger partial charge in [-0.15, -0.1) is 0 Å². The minimum absolute atomic E-state index is 0.126. The van der Waals surface area contributed by atoms with Crippen LogP contribution in [0.5, 0.6) is 5.75 Å². The topological polar surface area (TPSA) is 72.3 Å². The van der Waals surface area contributed by atoms with Crippen molar-refractivity contribution in [3.8, 4) is 17.0 Å². The lowest BCUT2D eigenvalue weighted by Crippen LogP contribution is -2.20. The average Bonchev–Trinajstić information content (AvgIpc) is 2.47. The first-order chi connectivity index (χ1) is 10.7. The molecule has 1 heterocycles. The molecule has 0 saturated carbocycles.